The number of rotatable bonds is 2. The normalized spacial score (nSPS) is 11.2. The van der Waals surface area contributed by atoms with Gasteiger partial charge in [-0.05, 0) is 0 Å². The molecule has 0 unspecified atom stereocenters. The van der Waals surface area contributed by atoms with E-state index >= 15 is 0 Å². The van der Waals surface area contributed by atoms with E-state index in [4.69, 9.17) is 0 Å². The summed E-state index contributed by atoms with van der Waals surface area (Å²) >= 11 is -1.58. The molecule has 0 nitrogen and oxygen atoms in total. The van der Waals surface area contributed by atoms with Gasteiger partial charge in [0.2, 0.25) is 0 Å². The summed E-state index contributed by atoms with van der Waals surface area (Å²) in [6.07, 6.45) is 0. The fourth-order valence-corrected chi connectivity index (χ4v) is 3.41. The molecule has 0 heterocycles. The first kappa shape index (κ1) is 16.4. The van der Waals surface area contributed by atoms with Crippen molar-refractivity contribution in [3.63, 3.8) is 0 Å². The van der Waals surface area contributed by atoms with Crippen LogP contribution in [0.5, 0.6) is 0 Å². The second kappa shape index (κ2) is 6.18. The molecule has 0 fully saturated rings. The number of halogens is 5. The van der Waals surface area contributed by atoms with Crippen molar-refractivity contribution in [1.82, 2.24) is 0 Å². The Hall–Kier alpha value is -0.677. The predicted octanol–water partition coefficient (Wildman–Crippen LogP) is 4.36. The van der Waals surface area contributed by atoms with Crippen LogP contribution in [0.4, 0.5) is 22.0 Å². The van der Waals surface area contributed by atoms with Gasteiger partial charge in [-0.25, -0.2) is 0 Å². The van der Waals surface area contributed by atoms with E-state index in [0.717, 1.165) is 0 Å². The molecule has 0 saturated carbocycles. The van der Waals surface area contributed by atoms with Gasteiger partial charge < -0.3 is 0 Å². The molecule has 0 saturated heterocycles. The molecular formula is C12H11F5GeS. The van der Waals surface area contributed by atoms with E-state index in [1.165, 1.54) is 0 Å². The molecule has 0 aliphatic carbocycles. The fraction of sp³-hybridized carbons (Fsp3) is 0.333. The van der Waals surface area contributed by atoms with Gasteiger partial charge in [-0.15, -0.1) is 0 Å². The van der Waals surface area contributed by atoms with Crippen LogP contribution in [0.15, 0.2) is 4.90 Å². The van der Waals surface area contributed by atoms with E-state index in [1.807, 2.05) is 17.3 Å². The first-order valence-electron chi connectivity index (χ1n) is 5.29. The maximum atomic E-state index is 13.3. The number of benzene rings is 1. The third-order valence-electron chi connectivity index (χ3n) is 1.92. The molecule has 0 aliphatic rings. The van der Waals surface area contributed by atoms with Crippen LogP contribution >= 0.6 is 11.8 Å². The Bertz CT molecular complexity index is 525. The van der Waals surface area contributed by atoms with Crippen molar-refractivity contribution in [3.05, 3.63) is 29.1 Å². The Labute approximate surface area is 115 Å². The van der Waals surface area contributed by atoms with E-state index in [0.29, 0.717) is 11.8 Å². The summed E-state index contributed by atoms with van der Waals surface area (Å²) in [7, 11) is 0. The minimum absolute atomic E-state index is 0.0130. The fourth-order valence-electron chi connectivity index (χ4n) is 1.12. The molecule has 1 aromatic rings. The first-order chi connectivity index (χ1) is 8.65. The molecular weight excluding hydrogens is 344 g/mol. The third-order valence-corrected chi connectivity index (χ3v) is 4.80. The second-order valence-electron chi connectivity index (χ2n) is 4.74. The van der Waals surface area contributed by atoms with Crippen LogP contribution in [0.2, 0.25) is 17.3 Å². The van der Waals surface area contributed by atoms with E-state index in [-0.39, 0.29) is 5.75 Å². The second-order valence-corrected chi connectivity index (χ2v) is 15.7. The number of hydrogen-bond donors (Lipinski definition) is 0. The summed E-state index contributed by atoms with van der Waals surface area (Å²) in [5, 5.41) is 0. The summed E-state index contributed by atoms with van der Waals surface area (Å²) in [5.74, 6) is -0.845. The summed E-state index contributed by atoms with van der Waals surface area (Å²) in [6, 6.07) is 0. The van der Waals surface area contributed by atoms with E-state index < -0.39 is 47.2 Å². The average molecular weight is 355 g/mol. The Balaban J connectivity index is 2.99. The Morgan fingerprint density at radius 3 is 1.68 bits per heavy atom. The van der Waals surface area contributed by atoms with Gasteiger partial charge >= 0.3 is 115 Å². The number of thioether (sulfide) groups is 1. The molecule has 0 spiro atoms. The van der Waals surface area contributed by atoms with Gasteiger partial charge in [-0.2, -0.15) is 0 Å². The van der Waals surface area contributed by atoms with Crippen molar-refractivity contribution in [1.29, 1.82) is 0 Å². The molecule has 0 amide bonds. The van der Waals surface area contributed by atoms with Gasteiger partial charge in [0.05, 0.1) is 0 Å². The van der Waals surface area contributed by atoms with E-state index in [1.54, 1.807) is 0 Å². The Morgan fingerprint density at radius 1 is 0.842 bits per heavy atom. The summed E-state index contributed by atoms with van der Waals surface area (Å²) in [4.78, 5) is -0.882. The average Bonchev–Trinajstić information content (AvgIpc) is 2.32. The zero-order chi connectivity index (χ0) is 14.8. The zero-order valence-corrected chi connectivity index (χ0v) is 13.4. The molecule has 0 radical (unpaired) electrons. The van der Waals surface area contributed by atoms with Gasteiger partial charge in [0, 0.05) is 0 Å². The molecule has 1 aromatic carbocycles. The standard InChI is InChI=1S/C12H11F5GeS/c1-18(2,3)5-4-6-19-12-10(16)8(14)7(13)9(15)11(12)17/h6H2,1-3H3. The van der Waals surface area contributed by atoms with Crippen molar-refractivity contribution in [3.8, 4) is 10.7 Å². The topological polar surface area (TPSA) is 0 Å². The van der Waals surface area contributed by atoms with Crippen LogP contribution in [0, 0.1) is 39.8 Å². The van der Waals surface area contributed by atoms with Crippen molar-refractivity contribution in [2.75, 3.05) is 5.75 Å². The summed E-state index contributed by atoms with van der Waals surface area (Å²) < 4.78 is 68.1. The zero-order valence-electron chi connectivity index (χ0n) is 10.5. The Morgan fingerprint density at radius 2 is 1.26 bits per heavy atom. The molecule has 0 aliphatic heterocycles. The molecule has 0 atom stereocenters. The molecule has 7 heteroatoms. The van der Waals surface area contributed by atoms with Crippen LogP contribution in [-0.4, -0.2) is 19.0 Å². The van der Waals surface area contributed by atoms with Gasteiger partial charge in [0.25, 0.3) is 0 Å². The molecule has 104 valence electrons. The SMILES string of the molecule is [CH3][Ge]([CH3])([CH3])[C]#CCSc1c(F)c(F)c(F)c(F)c1F. The van der Waals surface area contributed by atoms with Crippen LogP contribution in [0.25, 0.3) is 0 Å². The monoisotopic (exact) mass is 356 g/mol. The van der Waals surface area contributed by atoms with Crippen LogP contribution in [0.1, 0.15) is 0 Å². The molecule has 19 heavy (non-hydrogen) atoms. The molecule has 1 rings (SSSR count). The molecule has 0 aromatic heterocycles. The van der Waals surface area contributed by atoms with Crippen LogP contribution < -0.4 is 0 Å². The van der Waals surface area contributed by atoms with Crippen molar-refractivity contribution in [2.24, 2.45) is 0 Å². The Kier molecular flexibility index (Phi) is 5.33. The van der Waals surface area contributed by atoms with Gasteiger partial charge in [-0.1, -0.05) is 0 Å². The summed E-state index contributed by atoms with van der Waals surface area (Å²) in [5.41, 5.74) is 0. The van der Waals surface area contributed by atoms with Gasteiger partial charge in [0.1, 0.15) is 0 Å². The third kappa shape index (κ3) is 4.15. The van der Waals surface area contributed by atoms with Crippen molar-refractivity contribution in [2.45, 2.75) is 22.2 Å². The molecule has 0 bridgehead atoms. The number of hydrogen-bond acceptors (Lipinski definition) is 1. The summed E-state index contributed by atoms with van der Waals surface area (Å²) in [6.45, 7) is 0. The van der Waals surface area contributed by atoms with Crippen LogP contribution in [-0.2, 0) is 0 Å². The minimum atomic E-state index is -2.14. The van der Waals surface area contributed by atoms with E-state index in [9.17, 15) is 22.0 Å². The quantitative estimate of drug-likeness (QED) is 0.190. The predicted molar refractivity (Wildman–Crippen MR) is 68.1 cm³/mol. The van der Waals surface area contributed by atoms with Gasteiger partial charge in [-0.3, -0.25) is 0 Å². The van der Waals surface area contributed by atoms with Crippen LogP contribution in [0.3, 0.4) is 0 Å². The van der Waals surface area contributed by atoms with Crippen molar-refractivity contribution < 1.29 is 22.0 Å². The maximum absolute atomic E-state index is 13.3. The van der Waals surface area contributed by atoms with Crippen molar-refractivity contribution >= 4 is 25.0 Å². The molecule has 0 N–H and O–H groups in total. The first-order valence-corrected chi connectivity index (χ1v) is 13.6. The van der Waals surface area contributed by atoms with E-state index in [2.05, 4.69) is 10.7 Å². The van der Waals surface area contributed by atoms with Gasteiger partial charge in [0.15, 0.2) is 0 Å².